The molecule has 0 nitrogen and oxygen atoms in total. The molecule has 0 aromatic carbocycles. The van der Waals surface area contributed by atoms with Gasteiger partial charge in [-0.25, -0.2) is 0 Å². The van der Waals surface area contributed by atoms with E-state index >= 15 is 0 Å². The van der Waals surface area contributed by atoms with Gasteiger partial charge in [-0.15, -0.1) is 0 Å². The van der Waals surface area contributed by atoms with Gasteiger partial charge in [0.15, 0.2) is 0 Å². The minimum atomic E-state index is 0.120. The second-order valence-corrected chi connectivity index (χ2v) is 6.84. The third kappa shape index (κ3) is 8.41. The first-order chi connectivity index (χ1) is 4.63. The van der Waals surface area contributed by atoms with Gasteiger partial charge < -0.3 is 0 Å². The van der Waals surface area contributed by atoms with Gasteiger partial charge >= 0.3 is 49.0 Å². The molecular weight excluding hydrogens is 172 g/mol. The maximum absolute atomic E-state index is 2.27. The molecule has 1 radical (unpaired) electrons. The van der Waals surface area contributed by atoms with Gasteiger partial charge in [-0.2, -0.15) is 0 Å². The Hall–Kier alpha value is 0.411. The second kappa shape index (κ2) is 6.14. The van der Waals surface area contributed by atoms with Crippen LogP contribution in [0.2, 0.25) is 23.9 Å². The van der Waals surface area contributed by atoms with Crippen molar-refractivity contribution in [3.8, 4) is 0 Å². The molecular formula is C8H14SiTi. The summed E-state index contributed by atoms with van der Waals surface area (Å²) in [5.74, 6) is 0. The Morgan fingerprint density at radius 1 is 1.10 bits per heavy atom. The van der Waals surface area contributed by atoms with Crippen LogP contribution in [0.15, 0.2) is 24.3 Å². The summed E-state index contributed by atoms with van der Waals surface area (Å²) < 4.78 is 0.685. The number of rotatable bonds is 0. The van der Waals surface area contributed by atoms with Gasteiger partial charge in [-0.05, 0) is 0 Å². The van der Waals surface area contributed by atoms with Gasteiger partial charge in [0.1, 0.15) is 0 Å². The van der Waals surface area contributed by atoms with Crippen molar-refractivity contribution in [2.24, 2.45) is 0 Å². The van der Waals surface area contributed by atoms with Crippen LogP contribution in [-0.2, 0) is 20.4 Å². The summed E-state index contributed by atoms with van der Waals surface area (Å²) >= 11 is 2.17. The Kier molecular flexibility index (Phi) is 6.40. The zero-order chi connectivity index (χ0) is 7.98. The molecule has 0 saturated carbocycles. The summed E-state index contributed by atoms with van der Waals surface area (Å²) in [5.41, 5.74) is 0. The quantitative estimate of drug-likeness (QED) is 0.510. The van der Waals surface area contributed by atoms with E-state index in [-0.39, 0.29) is 8.80 Å². The third-order valence-corrected chi connectivity index (χ3v) is 1.35. The van der Waals surface area contributed by atoms with Crippen LogP contribution >= 0.6 is 0 Å². The van der Waals surface area contributed by atoms with Crippen molar-refractivity contribution in [3.05, 3.63) is 24.3 Å². The number of hydrogen-bond acceptors (Lipinski definition) is 0. The predicted octanol–water partition coefficient (Wildman–Crippen LogP) is 2.82. The first-order valence-corrected chi connectivity index (χ1v) is 7.36. The second-order valence-electron chi connectivity index (χ2n) is 2.80. The fraction of sp³-hybridized carbons (Fsp3) is 0.500. The zero-order valence-corrected chi connectivity index (χ0v) is 9.45. The van der Waals surface area contributed by atoms with E-state index in [2.05, 4.69) is 64.4 Å². The minimum absolute atomic E-state index is 0.120. The normalized spacial score (nSPS) is 15.5. The van der Waals surface area contributed by atoms with Crippen LogP contribution in [0.3, 0.4) is 0 Å². The van der Waals surface area contributed by atoms with Crippen molar-refractivity contribution in [1.82, 2.24) is 0 Å². The Balaban J connectivity index is 0.000000180. The van der Waals surface area contributed by atoms with Crippen LogP contribution in [0.1, 0.15) is 0 Å². The van der Waals surface area contributed by atoms with Crippen LogP contribution in [0, 0.1) is 0 Å². The summed E-state index contributed by atoms with van der Waals surface area (Å²) in [4.78, 5) is 0. The molecule has 0 fully saturated rings. The molecule has 0 unspecified atom stereocenters. The third-order valence-electron chi connectivity index (χ3n) is 0.748. The van der Waals surface area contributed by atoms with Gasteiger partial charge in [-0.3, -0.25) is 0 Å². The van der Waals surface area contributed by atoms with Crippen molar-refractivity contribution in [3.63, 3.8) is 0 Å². The molecule has 0 aromatic heterocycles. The average molecular weight is 186 g/mol. The SMILES string of the molecule is C[Si](C)C.[Ti][CH]1C=CC=C1. The van der Waals surface area contributed by atoms with E-state index in [9.17, 15) is 0 Å². The van der Waals surface area contributed by atoms with E-state index in [0.717, 1.165) is 0 Å². The summed E-state index contributed by atoms with van der Waals surface area (Å²) in [7, 11) is 0.120. The fourth-order valence-electron chi connectivity index (χ4n) is 0.432. The van der Waals surface area contributed by atoms with Crippen molar-refractivity contribution in [1.29, 1.82) is 0 Å². The molecule has 1 aliphatic carbocycles. The molecule has 54 valence electrons. The van der Waals surface area contributed by atoms with Crippen molar-refractivity contribution in [2.45, 2.75) is 23.9 Å². The molecule has 2 heteroatoms. The summed E-state index contributed by atoms with van der Waals surface area (Å²) in [6, 6.07) is 0. The molecule has 1 aliphatic rings. The van der Waals surface area contributed by atoms with E-state index in [1.165, 1.54) is 0 Å². The van der Waals surface area contributed by atoms with Gasteiger partial charge in [0.2, 0.25) is 0 Å². The average Bonchev–Trinajstić information content (AvgIpc) is 2.15. The van der Waals surface area contributed by atoms with Gasteiger partial charge in [0.05, 0.1) is 0 Å². The van der Waals surface area contributed by atoms with Crippen molar-refractivity contribution < 1.29 is 20.4 Å². The van der Waals surface area contributed by atoms with E-state index in [4.69, 9.17) is 0 Å². The van der Waals surface area contributed by atoms with Crippen LogP contribution in [0.4, 0.5) is 0 Å². The maximum atomic E-state index is 2.27. The molecule has 0 saturated heterocycles. The Morgan fingerprint density at radius 3 is 1.50 bits per heavy atom. The van der Waals surface area contributed by atoms with Crippen molar-refractivity contribution >= 4 is 8.80 Å². The fourth-order valence-corrected chi connectivity index (χ4v) is 0.779. The topological polar surface area (TPSA) is 0 Å². The Labute approximate surface area is 77.4 Å². The molecule has 0 amide bonds. The van der Waals surface area contributed by atoms with E-state index < -0.39 is 0 Å². The van der Waals surface area contributed by atoms with Gasteiger partial charge in [0.25, 0.3) is 0 Å². The zero-order valence-electron chi connectivity index (χ0n) is 6.89. The van der Waals surface area contributed by atoms with Crippen LogP contribution < -0.4 is 0 Å². The molecule has 0 N–H and O–H groups in total. The van der Waals surface area contributed by atoms with E-state index in [0.29, 0.717) is 4.22 Å². The molecule has 0 bridgehead atoms. The van der Waals surface area contributed by atoms with Crippen LogP contribution in [0.25, 0.3) is 0 Å². The molecule has 10 heavy (non-hydrogen) atoms. The molecule has 0 aromatic rings. The van der Waals surface area contributed by atoms with Gasteiger partial charge in [-0.1, -0.05) is 19.6 Å². The van der Waals surface area contributed by atoms with E-state index in [1.54, 1.807) is 0 Å². The Morgan fingerprint density at radius 2 is 1.40 bits per heavy atom. The summed E-state index contributed by atoms with van der Waals surface area (Å²) in [6.45, 7) is 6.81. The number of allylic oxidation sites excluding steroid dienone is 4. The molecule has 1 rings (SSSR count). The molecule has 0 atom stereocenters. The van der Waals surface area contributed by atoms with E-state index in [1.807, 2.05) is 0 Å². The van der Waals surface area contributed by atoms with Crippen LogP contribution in [0.5, 0.6) is 0 Å². The molecule has 0 spiro atoms. The monoisotopic (exact) mass is 186 g/mol. The number of hydrogen-bond donors (Lipinski definition) is 0. The Bertz CT molecular complexity index is 112. The standard InChI is InChI=1S/C5H5.C3H9Si.Ti/c1-2-4-5-3-1;1-4(2)3;/h1-5H;1-3H3;. The molecule has 0 heterocycles. The first-order valence-electron chi connectivity index (χ1n) is 3.46. The predicted molar refractivity (Wildman–Crippen MR) is 45.4 cm³/mol. The summed E-state index contributed by atoms with van der Waals surface area (Å²) in [6.07, 6.45) is 8.48. The molecule has 0 aliphatic heterocycles. The van der Waals surface area contributed by atoms with Crippen LogP contribution in [-0.4, -0.2) is 8.80 Å². The van der Waals surface area contributed by atoms with Crippen molar-refractivity contribution in [2.75, 3.05) is 0 Å². The van der Waals surface area contributed by atoms with Gasteiger partial charge in [0, 0.05) is 8.80 Å². The first kappa shape index (κ1) is 10.4. The summed E-state index contributed by atoms with van der Waals surface area (Å²) in [5, 5.41) is 0.